The second kappa shape index (κ2) is 10.9. The Morgan fingerprint density at radius 1 is 0.771 bits per heavy atom. The molecular weight excluding hydrogens is 448 g/mol. The van der Waals surface area contributed by atoms with Gasteiger partial charge in [0, 0.05) is 17.7 Å². The van der Waals surface area contributed by atoms with Crippen LogP contribution in [0.15, 0.2) is 69.9 Å². The highest BCUT2D eigenvalue weighted by Gasteiger charge is 2.22. The highest BCUT2D eigenvalue weighted by atomic mass is 16.5. The van der Waals surface area contributed by atoms with Gasteiger partial charge in [-0.15, -0.1) is 0 Å². The van der Waals surface area contributed by atoms with Crippen LogP contribution in [0.3, 0.4) is 0 Å². The van der Waals surface area contributed by atoms with Crippen LogP contribution in [0.2, 0.25) is 0 Å². The third kappa shape index (κ3) is 5.04. The first-order valence-corrected chi connectivity index (χ1v) is 11.3. The average Bonchev–Trinajstić information content (AvgIpc) is 2.90. The Kier molecular flexibility index (Phi) is 7.45. The predicted octanol–water partition coefficient (Wildman–Crippen LogP) is 5.85. The second-order valence-corrected chi connectivity index (χ2v) is 7.78. The van der Waals surface area contributed by atoms with E-state index >= 15 is 0 Å². The standard InChI is InChI=1S/C28H28O7/c1-5-13-33-27-25(34-17-18-9-7-6-8-10-18)16-24-26(28(27)32-4)20(29)15-22(35-24)19-11-12-21(30-2)23(14-19)31-3/h6-12,14-16H,5,13,17H2,1-4H3. The van der Waals surface area contributed by atoms with E-state index in [1.54, 1.807) is 38.5 Å². The van der Waals surface area contributed by atoms with Gasteiger partial charge in [0.15, 0.2) is 28.4 Å². The van der Waals surface area contributed by atoms with Gasteiger partial charge in [0.1, 0.15) is 23.3 Å². The predicted molar refractivity (Wildman–Crippen MR) is 134 cm³/mol. The van der Waals surface area contributed by atoms with Crippen molar-refractivity contribution in [2.24, 2.45) is 0 Å². The summed E-state index contributed by atoms with van der Waals surface area (Å²) in [7, 11) is 4.61. The lowest BCUT2D eigenvalue weighted by atomic mass is 10.1. The van der Waals surface area contributed by atoms with Crippen LogP contribution in [0.25, 0.3) is 22.3 Å². The number of rotatable bonds is 10. The van der Waals surface area contributed by atoms with Gasteiger partial charge in [0.05, 0.1) is 27.9 Å². The lowest BCUT2D eigenvalue weighted by Gasteiger charge is -2.17. The summed E-state index contributed by atoms with van der Waals surface area (Å²) < 4.78 is 34.6. The van der Waals surface area contributed by atoms with Crippen LogP contribution in [0.1, 0.15) is 18.9 Å². The molecule has 0 fully saturated rings. The molecule has 0 aliphatic heterocycles. The molecule has 0 saturated heterocycles. The molecule has 7 nitrogen and oxygen atoms in total. The van der Waals surface area contributed by atoms with Gasteiger partial charge in [-0.1, -0.05) is 37.3 Å². The molecule has 4 rings (SSSR count). The van der Waals surface area contributed by atoms with Gasteiger partial charge in [-0.2, -0.15) is 0 Å². The summed E-state index contributed by atoms with van der Waals surface area (Å²) in [5.74, 6) is 2.58. The zero-order valence-electron chi connectivity index (χ0n) is 20.3. The summed E-state index contributed by atoms with van der Waals surface area (Å²) >= 11 is 0. The summed E-state index contributed by atoms with van der Waals surface area (Å²) in [4.78, 5) is 13.3. The first-order chi connectivity index (χ1) is 17.1. The minimum atomic E-state index is -0.260. The summed E-state index contributed by atoms with van der Waals surface area (Å²) in [6, 6.07) is 18.2. The molecule has 3 aromatic carbocycles. The first kappa shape index (κ1) is 24.0. The Hall–Kier alpha value is -4.13. The quantitative estimate of drug-likeness (QED) is 0.284. The normalized spacial score (nSPS) is 10.7. The van der Waals surface area contributed by atoms with Crippen molar-refractivity contribution in [3.05, 3.63) is 76.5 Å². The van der Waals surface area contributed by atoms with E-state index in [1.165, 1.54) is 13.2 Å². The number of hydrogen-bond acceptors (Lipinski definition) is 7. The van der Waals surface area contributed by atoms with E-state index in [2.05, 4.69) is 0 Å². The largest absolute Gasteiger partial charge is 0.493 e. The van der Waals surface area contributed by atoms with E-state index in [-0.39, 0.29) is 16.6 Å². The summed E-state index contributed by atoms with van der Waals surface area (Å²) in [5.41, 5.74) is 1.72. The number of benzene rings is 3. The van der Waals surface area contributed by atoms with Crippen molar-refractivity contribution in [2.45, 2.75) is 20.0 Å². The third-order valence-electron chi connectivity index (χ3n) is 5.45. The number of hydrogen-bond donors (Lipinski definition) is 0. The van der Waals surface area contributed by atoms with Crippen molar-refractivity contribution in [2.75, 3.05) is 27.9 Å². The van der Waals surface area contributed by atoms with E-state index in [9.17, 15) is 4.79 Å². The van der Waals surface area contributed by atoms with E-state index in [4.69, 9.17) is 28.1 Å². The van der Waals surface area contributed by atoms with E-state index in [0.29, 0.717) is 53.1 Å². The molecule has 1 aromatic heterocycles. The molecule has 35 heavy (non-hydrogen) atoms. The van der Waals surface area contributed by atoms with Crippen molar-refractivity contribution >= 4 is 11.0 Å². The zero-order chi connectivity index (χ0) is 24.8. The first-order valence-electron chi connectivity index (χ1n) is 11.3. The maximum absolute atomic E-state index is 13.3. The topological polar surface area (TPSA) is 76.4 Å². The Morgan fingerprint density at radius 2 is 1.54 bits per heavy atom. The van der Waals surface area contributed by atoms with Crippen molar-refractivity contribution in [1.82, 2.24) is 0 Å². The fourth-order valence-corrected chi connectivity index (χ4v) is 3.76. The zero-order valence-corrected chi connectivity index (χ0v) is 20.3. The van der Waals surface area contributed by atoms with Gasteiger partial charge < -0.3 is 28.1 Å². The van der Waals surface area contributed by atoms with Gasteiger partial charge in [0.2, 0.25) is 5.75 Å². The van der Waals surface area contributed by atoms with Gasteiger partial charge in [-0.3, -0.25) is 4.79 Å². The molecule has 0 aliphatic rings. The van der Waals surface area contributed by atoms with Gasteiger partial charge in [-0.25, -0.2) is 0 Å². The minimum Gasteiger partial charge on any atom is -0.493 e. The average molecular weight is 477 g/mol. The Morgan fingerprint density at radius 3 is 2.23 bits per heavy atom. The second-order valence-electron chi connectivity index (χ2n) is 7.78. The fourth-order valence-electron chi connectivity index (χ4n) is 3.76. The van der Waals surface area contributed by atoms with Crippen LogP contribution in [-0.2, 0) is 6.61 Å². The molecule has 0 bridgehead atoms. The van der Waals surface area contributed by atoms with Crippen LogP contribution >= 0.6 is 0 Å². The molecule has 7 heteroatoms. The Labute approximate surface area is 203 Å². The van der Waals surface area contributed by atoms with Crippen LogP contribution in [0.4, 0.5) is 0 Å². The summed E-state index contributed by atoms with van der Waals surface area (Å²) in [5, 5.41) is 0.287. The molecule has 182 valence electrons. The minimum absolute atomic E-state index is 0.260. The SMILES string of the molecule is CCCOc1c(OCc2ccccc2)cc2oc(-c3ccc(OC)c(OC)c3)cc(=O)c2c1OC. The summed E-state index contributed by atoms with van der Waals surface area (Å²) in [6.07, 6.45) is 0.784. The molecule has 0 atom stereocenters. The maximum atomic E-state index is 13.3. The van der Waals surface area contributed by atoms with Crippen molar-refractivity contribution in [3.8, 4) is 40.1 Å². The molecule has 0 radical (unpaired) electrons. The molecule has 0 spiro atoms. The lowest BCUT2D eigenvalue weighted by molar-refractivity contribution is 0.251. The molecular formula is C28H28O7. The monoisotopic (exact) mass is 476 g/mol. The third-order valence-corrected chi connectivity index (χ3v) is 5.45. The molecule has 0 N–H and O–H groups in total. The van der Waals surface area contributed by atoms with E-state index in [0.717, 1.165) is 12.0 Å². The highest BCUT2D eigenvalue weighted by molar-refractivity contribution is 5.90. The van der Waals surface area contributed by atoms with Crippen molar-refractivity contribution in [3.63, 3.8) is 0 Å². The van der Waals surface area contributed by atoms with Crippen molar-refractivity contribution < 1.29 is 28.1 Å². The smallest absolute Gasteiger partial charge is 0.204 e. The fraction of sp³-hybridized carbons (Fsp3) is 0.250. The molecule has 4 aromatic rings. The summed E-state index contributed by atoms with van der Waals surface area (Å²) in [6.45, 7) is 2.76. The van der Waals surface area contributed by atoms with Crippen LogP contribution < -0.4 is 29.1 Å². The maximum Gasteiger partial charge on any atom is 0.204 e. The highest BCUT2D eigenvalue weighted by Crippen LogP contribution is 2.44. The van der Waals surface area contributed by atoms with Gasteiger partial charge in [-0.05, 0) is 30.2 Å². The van der Waals surface area contributed by atoms with Gasteiger partial charge in [0.25, 0.3) is 0 Å². The van der Waals surface area contributed by atoms with Crippen LogP contribution in [0, 0.1) is 0 Å². The van der Waals surface area contributed by atoms with Crippen molar-refractivity contribution in [1.29, 1.82) is 0 Å². The van der Waals surface area contributed by atoms with E-state index < -0.39 is 0 Å². The van der Waals surface area contributed by atoms with Crippen LogP contribution in [0.5, 0.6) is 28.7 Å². The molecule has 1 heterocycles. The Balaban J connectivity index is 1.85. The number of ether oxygens (including phenoxy) is 5. The molecule has 0 unspecified atom stereocenters. The number of fused-ring (bicyclic) bond motifs is 1. The van der Waals surface area contributed by atoms with E-state index in [1.807, 2.05) is 37.3 Å². The lowest BCUT2D eigenvalue weighted by Crippen LogP contribution is -2.08. The Bertz CT molecular complexity index is 1360. The van der Waals surface area contributed by atoms with Gasteiger partial charge >= 0.3 is 0 Å². The molecule has 0 amide bonds. The van der Waals surface area contributed by atoms with Crippen LogP contribution in [-0.4, -0.2) is 27.9 Å². The molecule has 0 saturated carbocycles. The molecule has 0 aliphatic carbocycles. The number of methoxy groups -OCH3 is 3.